The molecule has 2 atom stereocenters. The van der Waals surface area contributed by atoms with Gasteiger partial charge in [-0.1, -0.05) is 48.0 Å². The van der Waals surface area contributed by atoms with Gasteiger partial charge in [0.25, 0.3) is 5.91 Å². The lowest BCUT2D eigenvalue weighted by molar-refractivity contribution is -0.135. The maximum absolute atomic E-state index is 14.9. The molecule has 0 aliphatic carbocycles. The van der Waals surface area contributed by atoms with Gasteiger partial charge in [0.15, 0.2) is 5.78 Å². The van der Waals surface area contributed by atoms with Gasteiger partial charge in [-0.15, -0.1) is 0 Å². The van der Waals surface area contributed by atoms with Gasteiger partial charge in [-0.3, -0.25) is 19.3 Å². The summed E-state index contributed by atoms with van der Waals surface area (Å²) >= 11 is 0. The zero-order valence-corrected chi connectivity index (χ0v) is 18.7. The third-order valence-corrected chi connectivity index (χ3v) is 5.80. The van der Waals surface area contributed by atoms with Crippen molar-refractivity contribution in [1.82, 2.24) is 0 Å². The molecule has 1 saturated heterocycles. The summed E-state index contributed by atoms with van der Waals surface area (Å²) in [6.45, 7) is 3.76. The fraction of sp³-hybridized carbons (Fsp3) is 0.185. The highest BCUT2D eigenvalue weighted by atomic mass is 19.1. The number of nitrogens with zero attached hydrogens (tertiary/aromatic N) is 1. The van der Waals surface area contributed by atoms with Crippen LogP contribution in [0.5, 0.6) is 0 Å². The number of halogens is 1. The molecular formula is C27H22FNO5. The maximum atomic E-state index is 14.9. The number of benzene rings is 3. The molecule has 3 aromatic carbocycles. The Kier molecular flexibility index (Phi) is 6.36. The van der Waals surface area contributed by atoms with Gasteiger partial charge in [-0.05, 0) is 44.2 Å². The van der Waals surface area contributed by atoms with Crippen LogP contribution in [-0.2, 0) is 14.3 Å². The number of rotatable bonds is 6. The second-order valence-corrected chi connectivity index (χ2v) is 7.98. The van der Waals surface area contributed by atoms with E-state index in [2.05, 4.69) is 0 Å². The standard InChI is InChI=1S/C27H22FNO5/c1-3-34-27(33)18-12-14-19(15-13-18)29-23(20-6-4-5-7-21(20)28)22(25(31)26(29)32)24(30)17-10-8-16(2)9-11-17/h4-15,22-23H,3H2,1-2H3. The molecule has 6 nitrogen and oxygen atoms in total. The van der Waals surface area contributed by atoms with Crippen molar-refractivity contribution < 1.29 is 28.3 Å². The monoisotopic (exact) mass is 459 g/mol. The normalized spacial score (nSPS) is 17.7. The second kappa shape index (κ2) is 9.39. The van der Waals surface area contributed by atoms with Crippen LogP contribution in [-0.4, -0.2) is 30.0 Å². The van der Waals surface area contributed by atoms with E-state index in [0.717, 1.165) is 10.5 Å². The molecule has 172 valence electrons. The van der Waals surface area contributed by atoms with E-state index >= 15 is 0 Å². The number of Topliss-reactive ketones (excluding diaryl/α,β-unsaturated/α-hetero) is 2. The number of carbonyl (C=O) groups excluding carboxylic acids is 4. The van der Waals surface area contributed by atoms with E-state index in [-0.39, 0.29) is 29.0 Å². The van der Waals surface area contributed by atoms with E-state index in [1.165, 1.54) is 42.5 Å². The van der Waals surface area contributed by atoms with Crippen LogP contribution in [0.4, 0.5) is 10.1 Å². The summed E-state index contributed by atoms with van der Waals surface area (Å²) in [4.78, 5) is 52.8. The Bertz CT molecular complexity index is 1270. The number of hydrogen-bond acceptors (Lipinski definition) is 5. The van der Waals surface area contributed by atoms with Crippen molar-refractivity contribution in [2.45, 2.75) is 19.9 Å². The van der Waals surface area contributed by atoms with Crippen molar-refractivity contribution in [1.29, 1.82) is 0 Å². The summed E-state index contributed by atoms with van der Waals surface area (Å²) in [7, 11) is 0. The molecular weight excluding hydrogens is 437 g/mol. The minimum atomic E-state index is -1.42. The zero-order chi connectivity index (χ0) is 24.4. The highest BCUT2D eigenvalue weighted by Gasteiger charge is 2.53. The van der Waals surface area contributed by atoms with Crippen molar-refractivity contribution in [3.8, 4) is 0 Å². The Hall–Kier alpha value is -4.13. The first kappa shape index (κ1) is 23.0. The second-order valence-electron chi connectivity index (χ2n) is 7.98. The molecule has 0 aromatic heterocycles. The van der Waals surface area contributed by atoms with Crippen LogP contribution >= 0.6 is 0 Å². The van der Waals surface area contributed by atoms with Crippen molar-refractivity contribution in [3.05, 3.63) is 101 Å². The largest absolute Gasteiger partial charge is 0.462 e. The van der Waals surface area contributed by atoms with Crippen molar-refractivity contribution in [2.24, 2.45) is 5.92 Å². The molecule has 1 aliphatic rings. The van der Waals surface area contributed by atoms with E-state index < -0.39 is 41.2 Å². The number of ketones is 2. The Morgan fingerprint density at radius 3 is 2.15 bits per heavy atom. The molecule has 4 rings (SSSR count). The quantitative estimate of drug-likeness (QED) is 0.235. The molecule has 0 radical (unpaired) electrons. The first-order chi connectivity index (χ1) is 16.3. The van der Waals surface area contributed by atoms with Gasteiger partial charge in [0.2, 0.25) is 5.78 Å². The van der Waals surface area contributed by atoms with E-state index in [1.807, 2.05) is 6.92 Å². The smallest absolute Gasteiger partial charge is 0.338 e. The average molecular weight is 459 g/mol. The van der Waals surface area contributed by atoms with Crippen LogP contribution in [0.2, 0.25) is 0 Å². The average Bonchev–Trinajstić information content (AvgIpc) is 3.10. The molecule has 34 heavy (non-hydrogen) atoms. The lowest BCUT2D eigenvalue weighted by Gasteiger charge is -2.27. The summed E-state index contributed by atoms with van der Waals surface area (Å²) in [6.07, 6.45) is 0. The van der Waals surface area contributed by atoms with Gasteiger partial charge in [0, 0.05) is 16.8 Å². The van der Waals surface area contributed by atoms with Crippen LogP contribution in [0.3, 0.4) is 0 Å². The SMILES string of the molecule is CCOC(=O)c1ccc(N2C(=O)C(=O)C(C(=O)c3ccc(C)cc3)C2c2ccccc2F)cc1. The summed E-state index contributed by atoms with van der Waals surface area (Å²) in [6, 6.07) is 17.1. The molecule has 1 amide bonds. The molecule has 1 heterocycles. The first-order valence-corrected chi connectivity index (χ1v) is 10.8. The van der Waals surface area contributed by atoms with Gasteiger partial charge in [0.05, 0.1) is 18.2 Å². The van der Waals surface area contributed by atoms with Crippen LogP contribution in [0.1, 0.15) is 44.8 Å². The molecule has 1 aliphatic heterocycles. The van der Waals surface area contributed by atoms with Gasteiger partial charge in [-0.25, -0.2) is 9.18 Å². The highest BCUT2D eigenvalue weighted by Crippen LogP contribution is 2.42. The lowest BCUT2D eigenvalue weighted by Crippen LogP contribution is -2.31. The molecule has 0 spiro atoms. The van der Waals surface area contributed by atoms with Gasteiger partial charge in [0.1, 0.15) is 11.7 Å². The molecule has 2 unspecified atom stereocenters. The van der Waals surface area contributed by atoms with Gasteiger partial charge in [-0.2, -0.15) is 0 Å². The molecule has 3 aromatic rings. The summed E-state index contributed by atoms with van der Waals surface area (Å²) in [5.41, 5.74) is 1.77. The number of ether oxygens (including phenoxy) is 1. The first-order valence-electron chi connectivity index (χ1n) is 10.8. The van der Waals surface area contributed by atoms with E-state index in [1.54, 1.807) is 37.3 Å². The number of esters is 1. The Morgan fingerprint density at radius 2 is 1.53 bits per heavy atom. The topological polar surface area (TPSA) is 80.8 Å². The maximum Gasteiger partial charge on any atom is 0.338 e. The number of hydrogen-bond donors (Lipinski definition) is 0. The number of aryl methyl sites for hydroxylation is 1. The van der Waals surface area contributed by atoms with Crippen molar-refractivity contribution >= 4 is 29.1 Å². The minimum absolute atomic E-state index is 0.0571. The number of anilines is 1. The summed E-state index contributed by atoms with van der Waals surface area (Å²) in [5, 5.41) is 0. The third-order valence-electron chi connectivity index (χ3n) is 5.80. The fourth-order valence-corrected chi connectivity index (χ4v) is 4.11. The number of amides is 1. The number of carbonyl (C=O) groups is 4. The molecule has 7 heteroatoms. The van der Waals surface area contributed by atoms with E-state index in [4.69, 9.17) is 4.74 Å². The van der Waals surface area contributed by atoms with Crippen LogP contribution < -0.4 is 4.90 Å². The molecule has 0 N–H and O–H groups in total. The third kappa shape index (κ3) is 4.12. The minimum Gasteiger partial charge on any atom is -0.462 e. The zero-order valence-electron chi connectivity index (χ0n) is 18.7. The summed E-state index contributed by atoms with van der Waals surface area (Å²) in [5.74, 6) is -4.97. The lowest BCUT2D eigenvalue weighted by atomic mass is 9.86. The molecule has 0 saturated carbocycles. The highest BCUT2D eigenvalue weighted by molar-refractivity contribution is 6.49. The van der Waals surface area contributed by atoms with Crippen molar-refractivity contribution in [3.63, 3.8) is 0 Å². The van der Waals surface area contributed by atoms with Crippen LogP contribution in [0, 0.1) is 18.7 Å². The van der Waals surface area contributed by atoms with Gasteiger partial charge >= 0.3 is 5.97 Å². The molecule has 1 fully saturated rings. The Morgan fingerprint density at radius 1 is 0.912 bits per heavy atom. The summed E-state index contributed by atoms with van der Waals surface area (Å²) < 4.78 is 19.9. The Labute approximate surface area is 196 Å². The predicted octanol–water partition coefficient (Wildman–Crippen LogP) is 4.47. The Balaban J connectivity index is 1.81. The van der Waals surface area contributed by atoms with E-state index in [0.29, 0.717) is 0 Å². The van der Waals surface area contributed by atoms with E-state index in [9.17, 15) is 23.6 Å². The van der Waals surface area contributed by atoms with Crippen LogP contribution in [0.25, 0.3) is 0 Å². The predicted molar refractivity (Wildman–Crippen MR) is 123 cm³/mol. The fourth-order valence-electron chi connectivity index (χ4n) is 4.11. The molecule has 0 bridgehead atoms. The van der Waals surface area contributed by atoms with Crippen molar-refractivity contribution in [2.75, 3.05) is 11.5 Å². The van der Waals surface area contributed by atoms with Gasteiger partial charge < -0.3 is 4.74 Å². The van der Waals surface area contributed by atoms with Crippen LogP contribution in [0.15, 0.2) is 72.8 Å².